The van der Waals surface area contributed by atoms with Crippen LogP contribution in [0.2, 0.25) is 0 Å². The van der Waals surface area contributed by atoms with Crippen LogP contribution in [0.4, 0.5) is 0 Å². The Morgan fingerprint density at radius 2 is 2.00 bits per heavy atom. The average Bonchev–Trinajstić information content (AvgIpc) is 3.14. The molecule has 3 fully saturated rings. The molecule has 15 heavy (non-hydrogen) atoms. The van der Waals surface area contributed by atoms with E-state index in [1.54, 1.807) is 0 Å². The molecule has 1 aliphatic heterocycles. The van der Waals surface area contributed by atoms with Gasteiger partial charge in [-0.1, -0.05) is 6.42 Å². The highest BCUT2D eigenvalue weighted by molar-refractivity contribution is 5.05. The van der Waals surface area contributed by atoms with Crippen LogP contribution in [0.5, 0.6) is 0 Å². The Kier molecular flexibility index (Phi) is 2.73. The minimum absolute atomic E-state index is 0.758. The lowest BCUT2D eigenvalue weighted by Gasteiger charge is -2.25. The second kappa shape index (κ2) is 4.06. The molecule has 86 valence electrons. The summed E-state index contributed by atoms with van der Waals surface area (Å²) in [4.78, 5) is 0. The Balaban J connectivity index is 1.35. The molecule has 0 aromatic rings. The van der Waals surface area contributed by atoms with Crippen LogP contribution < -0.4 is 10.6 Å². The van der Waals surface area contributed by atoms with Gasteiger partial charge >= 0.3 is 0 Å². The third kappa shape index (κ3) is 2.36. The predicted molar refractivity (Wildman–Crippen MR) is 62.9 cm³/mol. The first-order valence-electron chi connectivity index (χ1n) is 6.83. The lowest BCUT2D eigenvalue weighted by Crippen LogP contribution is -2.43. The summed E-state index contributed by atoms with van der Waals surface area (Å²) in [5.41, 5.74) is 0.772. The van der Waals surface area contributed by atoms with Crippen LogP contribution in [-0.2, 0) is 0 Å². The quantitative estimate of drug-likeness (QED) is 0.721. The monoisotopic (exact) mass is 208 g/mol. The van der Waals surface area contributed by atoms with E-state index in [1.165, 1.54) is 64.6 Å². The Hall–Kier alpha value is -0.0800. The van der Waals surface area contributed by atoms with Crippen LogP contribution in [0.1, 0.15) is 44.9 Å². The third-order valence-electron chi connectivity index (χ3n) is 4.62. The van der Waals surface area contributed by atoms with E-state index in [0.29, 0.717) is 0 Å². The topological polar surface area (TPSA) is 24.1 Å². The molecule has 0 radical (unpaired) electrons. The van der Waals surface area contributed by atoms with Gasteiger partial charge in [0.2, 0.25) is 0 Å². The van der Waals surface area contributed by atoms with Gasteiger partial charge in [-0.2, -0.15) is 0 Å². The Morgan fingerprint density at radius 1 is 1.13 bits per heavy atom. The van der Waals surface area contributed by atoms with Crippen molar-refractivity contribution in [3.8, 4) is 0 Å². The maximum absolute atomic E-state index is 3.72. The molecule has 1 saturated heterocycles. The van der Waals surface area contributed by atoms with Gasteiger partial charge < -0.3 is 10.6 Å². The fourth-order valence-corrected chi connectivity index (χ4v) is 3.18. The zero-order valence-corrected chi connectivity index (χ0v) is 9.73. The van der Waals surface area contributed by atoms with Gasteiger partial charge in [-0.05, 0) is 56.4 Å². The molecule has 0 aromatic heterocycles. The van der Waals surface area contributed by atoms with E-state index >= 15 is 0 Å². The van der Waals surface area contributed by atoms with Crippen LogP contribution in [0.25, 0.3) is 0 Å². The predicted octanol–water partition coefficient (Wildman–Crippen LogP) is 1.91. The molecular formula is C13H24N2. The van der Waals surface area contributed by atoms with Gasteiger partial charge in [0.05, 0.1) is 0 Å². The zero-order valence-electron chi connectivity index (χ0n) is 9.73. The summed E-state index contributed by atoms with van der Waals surface area (Å²) >= 11 is 0. The van der Waals surface area contributed by atoms with E-state index in [0.717, 1.165) is 17.4 Å². The fourth-order valence-electron chi connectivity index (χ4n) is 3.18. The van der Waals surface area contributed by atoms with E-state index in [-0.39, 0.29) is 0 Å². The number of nitrogens with one attached hydrogen (secondary N) is 2. The lowest BCUT2D eigenvalue weighted by atomic mass is 10.00. The minimum atomic E-state index is 0.758. The second-order valence-electron chi connectivity index (χ2n) is 5.91. The SMILES string of the molecule is C1CCC(CNCC2(C3CC3)CC2)NC1. The molecule has 3 aliphatic rings. The van der Waals surface area contributed by atoms with Crippen molar-refractivity contribution in [2.45, 2.75) is 51.0 Å². The average molecular weight is 208 g/mol. The highest BCUT2D eigenvalue weighted by Crippen LogP contribution is 2.60. The molecule has 2 N–H and O–H groups in total. The Bertz CT molecular complexity index is 213. The van der Waals surface area contributed by atoms with Crippen molar-refractivity contribution < 1.29 is 0 Å². The van der Waals surface area contributed by atoms with Crippen molar-refractivity contribution in [1.29, 1.82) is 0 Å². The molecule has 1 atom stereocenters. The van der Waals surface area contributed by atoms with Gasteiger partial charge in [0.1, 0.15) is 0 Å². The molecule has 1 unspecified atom stereocenters. The standard InChI is InChI=1S/C13H24N2/c1-2-8-15-12(3-1)9-14-10-13(6-7-13)11-4-5-11/h11-12,14-15H,1-10H2. The van der Waals surface area contributed by atoms with Crippen LogP contribution >= 0.6 is 0 Å². The van der Waals surface area contributed by atoms with Crippen molar-refractivity contribution in [2.75, 3.05) is 19.6 Å². The van der Waals surface area contributed by atoms with Gasteiger partial charge in [-0.25, -0.2) is 0 Å². The number of hydrogen-bond donors (Lipinski definition) is 2. The van der Waals surface area contributed by atoms with E-state index < -0.39 is 0 Å². The largest absolute Gasteiger partial charge is 0.315 e. The lowest BCUT2D eigenvalue weighted by molar-refractivity contribution is 0.349. The molecule has 1 heterocycles. The molecule has 0 bridgehead atoms. The molecule has 2 aliphatic carbocycles. The zero-order chi connectivity index (χ0) is 10.1. The van der Waals surface area contributed by atoms with E-state index in [2.05, 4.69) is 10.6 Å². The number of rotatable bonds is 5. The van der Waals surface area contributed by atoms with E-state index in [9.17, 15) is 0 Å². The summed E-state index contributed by atoms with van der Waals surface area (Å²) in [6.07, 6.45) is 10.2. The molecule has 3 rings (SSSR count). The molecule has 2 heteroatoms. The van der Waals surface area contributed by atoms with Crippen molar-refractivity contribution in [3.05, 3.63) is 0 Å². The first-order valence-corrected chi connectivity index (χ1v) is 6.83. The molecule has 0 amide bonds. The van der Waals surface area contributed by atoms with E-state index in [1.807, 2.05) is 0 Å². The minimum Gasteiger partial charge on any atom is -0.315 e. The van der Waals surface area contributed by atoms with Gasteiger partial charge in [-0.15, -0.1) is 0 Å². The summed E-state index contributed by atoms with van der Waals surface area (Å²) in [5.74, 6) is 1.10. The molecule has 2 nitrogen and oxygen atoms in total. The number of piperidine rings is 1. The molecule has 2 saturated carbocycles. The molecule has 0 spiro atoms. The summed E-state index contributed by atoms with van der Waals surface area (Å²) in [7, 11) is 0. The Morgan fingerprint density at radius 3 is 2.60 bits per heavy atom. The fraction of sp³-hybridized carbons (Fsp3) is 1.00. The third-order valence-corrected chi connectivity index (χ3v) is 4.62. The Labute approximate surface area is 93.2 Å². The second-order valence-corrected chi connectivity index (χ2v) is 5.91. The number of hydrogen-bond acceptors (Lipinski definition) is 2. The summed E-state index contributed by atoms with van der Waals surface area (Å²) in [6, 6.07) is 0.758. The maximum Gasteiger partial charge on any atom is 0.0192 e. The van der Waals surface area contributed by atoms with Crippen LogP contribution in [0.3, 0.4) is 0 Å². The smallest absolute Gasteiger partial charge is 0.0192 e. The van der Waals surface area contributed by atoms with Crippen LogP contribution in [-0.4, -0.2) is 25.7 Å². The van der Waals surface area contributed by atoms with Gasteiger partial charge in [0.15, 0.2) is 0 Å². The molecule has 0 aromatic carbocycles. The van der Waals surface area contributed by atoms with Crippen LogP contribution in [0.15, 0.2) is 0 Å². The normalized spacial score (nSPS) is 34.0. The first kappa shape index (κ1) is 10.1. The maximum atomic E-state index is 3.72. The summed E-state index contributed by atoms with van der Waals surface area (Å²) in [5, 5.41) is 7.32. The van der Waals surface area contributed by atoms with Gasteiger partial charge in [0, 0.05) is 19.1 Å². The van der Waals surface area contributed by atoms with Gasteiger partial charge in [-0.3, -0.25) is 0 Å². The highest BCUT2D eigenvalue weighted by Gasteiger charge is 2.53. The summed E-state index contributed by atoms with van der Waals surface area (Å²) in [6.45, 7) is 3.74. The van der Waals surface area contributed by atoms with Crippen molar-refractivity contribution in [1.82, 2.24) is 10.6 Å². The van der Waals surface area contributed by atoms with Gasteiger partial charge in [0.25, 0.3) is 0 Å². The van der Waals surface area contributed by atoms with Crippen molar-refractivity contribution in [3.63, 3.8) is 0 Å². The van der Waals surface area contributed by atoms with Crippen molar-refractivity contribution in [2.24, 2.45) is 11.3 Å². The van der Waals surface area contributed by atoms with E-state index in [4.69, 9.17) is 0 Å². The summed E-state index contributed by atoms with van der Waals surface area (Å²) < 4.78 is 0. The highest BCUT2D eigenvalue weighted by atomic mass is 15.0. The van der Waals surface area contributed by atoms with Crippen LogP contribution in [0, 0.1) is 11.3 Å². The first-order chi connectivity index (χ1) is 7.39. The van der Waals surface area contributed by atoms with Crippen molar-refractivity contribution >= 4 is 0 Å². The molecular weight excluding hydrogens is 184 g/mol.